The highest BCUT2D eigenvalue weighted by molar-refractivity contribution is 7.93. The van der Waals surface area contributed by atoms with Gasteiger partial charge in [0.2, 0.25) is 27.7 Å². The Morgan fingerprint density at radius 2 is 1.60 bits per heavy atom. The molecular weight excluding hydrogens is 500 g/mol. The van der Waals surface area contributed by atoms with Crippen LogP contribution in [0, 0.1) is 0 Å². The van der Waals surface area contributed by atoms with Gasteiger partial charge in [-0.25, -0.2) is 18.4 Å². The molecule has 190 valence electrons. The normalized spacial score (nSPS) is 13.5. The van der Waals surface area contributed by atoms with Gasteiger partial charge in [-0.15, -0.1) is 10.2 Å². The van der Waals surface area contributed by atoms with Gasteiger partial charge in [0.25, 0.3) is 0 Å². The number of aromatic nitrogens is 7. The Morgan fingerprint density at radius 3 is 2.14 bits per heavy atom. The monoisotopic (exact) mass is 526 g/mol. The summed E-state index contributed by atoms with van der Waals surface area (Å²) >= 11 is 5.85. The van der Waals surface area contributed by atoms with Crippen molar-refractivity contribution >= 4 is 27.6 Å². The number of hydrogen-bond acceptors (Lipinski definition) is 11. The summed E-state index contributed by atoms with van der Waals surface area (Å²) in [6.07, 6.45) is 3.98. The van der Waals surface area contributed by atoms with Crippen molar-refractivity contribution in [2.75, 3.05) is 18.9 Å². The summed E-state index contributed by atoms with van der Waals surface area (Å²) in [7, 11) is -1.18. The van der Waals surface area contributed by atoms with Gasteiger partial charge in [0.05, 0.1) is 30.6 Å². The molecule has 0 aromatic carbocycles. The molecule has 0 spiro atoms. The largest absolute Gasteiger partial charge is 0.479 e. The molecule has 35 heavy (non-hydrogen) atoms. The van der Waals surface area contributed by atoms with Crippen molar-refractivity contribution in [3.05, 3.63) is 35.4 Å². The average Bonchev–Trinajstić information content (AvgIpc) is 3.22. The van der Waals surface area contributed by atoms with E-state index in [4.69, 9.17) is 25.8 Å². The lowest BCUT2D eigenvalue weighted by atomic mass is 10.1. The number of nitrogens with one attached hydrogen (secondary N) is 1. The maximum atomic E-state index is 13.4. The third kappa shape index (κ3) is 5.94. The highest BCUT2D eigenvalue weighted by atomic mass is 35.5. The fourth-order valence-corrected chi connectivity index (χ4v) is 4.38. The quantitative estimate of drug-likeness (QED) is 0.391. The molecule has 0 bridgehead atoms. The summed E-state index contributed by atoms with van der Waals surface area (Å²) in [6, 6.07) is 0. The summed E-state index contributed by atoms with van der Waals surface area (Å²) in [5.41, 5.74) is 0.212. The predicted octanol–water partition coefficient (Wildman–Crippen LogP) is 2.38. The zero-order valence-corrected chi connectivity index (χ0v) is 21.7. The number of methoxy groups -OCH3 is 2. The molecule has 1 N–H and O–H groups in total. The van der Waals surface area contributed by atoms with Crippen LogP contribution in [-0.4, -0.2) is 68.7 Å². The first-order chi connectivity index (χ1) is 16.6. The molecule has 0 aliphatic carbocycles. The first-order valence-corrected chi connectivity index (χ1v) is 12.5. The zero-order chi connectivity index (χ0) is 25.8. The van der Waals surface area contributed by atoms with Gasteiger partial charge in [-0.05, 0) is 20.8 Å². The van der Waals surface area contributed by atoms with Gasteiger partial charge in [0, 0.05) is 18.3 Å². The van der Waals surface area contributed by atoms with Crippen LogP contribution in [0.15, 0.2) is 18.7 Å². The van der Waals surface area contributed by atoms with Crippen LogP contribution in [-0.2, 0) is 21.4 Å². The molecule has 3 aromatic heterocycles. The molecule has 0 aliphatic heterocycles. The van der Waals surface area contributed by atoms with Gasteiger partial charge in [-0.2, -0.15) is 9.97 Å². The van der Waals surface area contributed by atoms with Crippen molar-refractivity contribution < 1.29 is 22.6 Å². The summed E-state index contributed by atoms with van der Waals surface area (Å²) < 4.78 is 47.1. The topological polar surface area (TPSA) is 156 Å². The molecule has 3 aromatic rings. The van der Waals surface area contributed by atoms with Crippen LogP contribution < -0.4 is 14.2 Å². The Hall–Kier alpha value is -3.10. The highest BCUT2D eigenvalue weighted by Gasteiger charge is 2.32. The minimum absolute atomic E-state index is 0.0260. The minimum Gasteiger partial charge on any atom is -0.479 e. The van der Waals surface area contributed by atoms with Gasteiger partial charge < -0.3 is 14.2 Å². The summed E-state index contributed by atoms with van der Waals surface area (Å²) in [5.74, 6) is 0.186. The van der Waals surface area contributed by atoms with Gasteiger partial charge in [-0.3, -0.25) is 9.29 Å². The number of halogens is 1. The van der Waals surface area contributed by atoms with Gasteiger partial charge in [0.1, 0.15) is 18.8 Å². The molecule has 2 unspecified atom stereocenters. The number of rotatable bonds is 11. The molecule has 3 rings (SSSR count). The van der Waals surface area contributed by atoms with Crippen molar-refractivity contribution in [1.82, 2.24) is 34.7 Å². The molecule has 3 heterocycles. The number of ether oxygens (including phenoxy) is 3. The lowest BCUT2D eigenvalue weighted by Gasteiger charge is -2.21. The van der Waals surface area contributed by atoms with E-state index in [1.807, 2.05) is 13.8 Å². The van der Waals surface area contributed by atoms with Crippen LogP contribution in [0.2, 0.25) is 5.02 Å². The molecule has 13 nitrogen and oxygen atoms in total. The van der Waals surface area contributed by atoms with Gasteiger partial charge in [0.15, 0.2) is 11.5 Å². The Kier molecular flexibility index (Phi) is 8.40. The predicted molar refractivity (Wildman–Crippen MR) is 127 cm³/mol. The maximum Gasteiger partial charge on any atom is 0.245 e. The Balaban J connectivity index is 2.04. The van der Waals surface area contributed by atoms with E-state index in [0.29, 0.717) is 10.8 Å². The zero-order valence-electron chi connectivity index (χ0n) is 20.1. The van der Waals surface area contributed by atoms with E-state index in [-0.39, 0.29) is 41.9 Å². The second-order valence-electron chi connectivity index (χ2n) is 7.78. The Labute approximate surface area is 208 Å². The molecule has 0 saturated carbocycles. The number of nitrogens with zero attached hydrogens (tertiary/aromatic N) is 7. The van der Waals surface area contributed by atoms with Crippen LogP contribution in [0.3, 0.4) is 0 Å². The van der Waals surface area contributed by atoms with E-state index in [0.717, 1.165) is 0 Å². The van der Waals surface area contributed by atoms with Crippen LogP contribution in [0.5, 0.6) is 11.8 Å². The van der Waals surface area contributed by atoms with E-state index >= 15 is 0 Å². The molecule has 2 atom stereocenters. The fourth-order valence-electron chi connectivity index (χ4n) is 3.05. The highest BCUT2D eigenvalue weighted by Crippen LogP contribution is 2.33. The van der Waals surface area contributed by atoms with E-state index in [9.17, 15) is 8.42 Å². The molecular formula is C20H27ClN8O5S. The molecule has 0 saturated heterocycles. The summed E-state index contributed by atoms with van der Waals surface area (Å²) in [6.45, 7) is 6.99. The summed E-state index contributed by atoms with van der Waals surface area (Å²) in [4.78, 5) is 16.5. The number of anilines is 1. The molecule has 0 fully saturated rings. The van der Waals surface area contributed by atoms with Gasteiger partial charge in [-0.1, -0.05) is 18.5 Å². The van der Waals surface area contributed by atoms with Crippen LogP contribution >= 0.6 is 11.6 Å². The molecule has 0 aliphatic rings. The minimum atomic E-state index is -4.01. The SMILES string of the molecule is COc1ncnc(OC)c1-n1c(COC(C)C)nnc1NS(=O)(=O)C(C)C(C)c1ncc(Cl)cn1. The third-order valence-corrected chi connectivity index (χ3v) is 7.17. The van der Waals surface area contributed by atoms with Crippen molar-refractivity contribution in [3.8, 4) is 17.4 Å². The van der Waals surface area contributed by atoms with Crippen molar-refractivity contribution in [2.45, 2.75) is 51.6 Å². The van der Waals surface area contributed by atoms with E-state index in [1.54, 1.807) is 13.8 Å². The van der Waals surface area contributed by atoms with E-state index in [1.165, 1.54) is 37.5 Å². The first-order valence-electron chi connectivity index (χ1n) is 10.6. The standard InChI is InChI=1S/C20H27ClN8O5S/c1-11(2)34-9-15-26-27-20(29(15)16-18(32-5)24-10-25-19(16)33-6)28-35(30,31)13(4)12(3)17-22-7-14(21)8-23-17/h7-8,10-13H,9H2,1-6H3,(H,27,28). The Morgan fingerprint density at radius 1 is 1.00 bits per heavy atom. The van der Waals surface area contributed by atoms with Crippen molar-refractivity contribution in [2.24, 2.45) is 0 Å². The lowest BCUT2D eigenvalue weighted by molar-refractivity contribution is 0.0604. The van der Waals surface area contributed by atoms with Crippen molar-refractivity contribution in [1.29, 1.82) is 0 Å². The smallest absolute Gasteiger partial charge is 0.245 e. The molecule has 0 radical (unpaired) electrons. The van der Waals surface area contributed by atoms with E-state index in [2.05, 4.69) is 34.9 Å². The first kappa shape index (κ1) is 26.5. The second kappa shape index (κ2) is 11.1. The Bertz CT molecular complexity index is 1230. The number of hydrogen-bond donors (Lipinski definition) is 1. The third-order valence-electron chi connectivity index (χ3n) is 5.12. The van der Waals surface area contributed by atoms with Gasteiger partial charge >= 0.3 is 0 Å². The van der Waals surface area contributed by atoms with Crippen molar-refractivity contribution in [3.63, 3.8) is 0 Å². The fraction of sp³-hybridized carbons (Fsp3) is 0.500. The van der Waals surface area contributed by atoms with Crippen LogP contribution in [0.1, 0.15) is 45.3 Å². The molecule has 0 amide bonds. The van der Waals surface area contributed by atoms with E-state index < -0.39 is 21.2 Å². The number of sulfonamides is 1. The maximum absolute atomic E-state index is 13.4. The average molecular weight is 527 g/mol. The van der Waals surface area contributed by atoms with Crippen LogP contribution in [0.25, 0.3) is 5.69 Å². The lowest BCUT2D eigenvalue weighted by Crippen LogP contribution is -2.31. The second-order valence-corrected chi connectivity index (χ2v) is 10.3. The van der Waals surface area contributed by atoms with Crippen LogP contribution in [0.4, 0.5) is 5.95 Å². The molecule has 15 heteroatoms. The summed E-state index contributed by atoms with van der Waals surface area (Å²) in [5, 5.41) is 7.60.